The SMILES string of the molecule is COC(=O)CC(=O)c1cc2c(ccn2C)cc1OC. The molecule has 0 fully saturated rings. The van der Waals surface area contributed by atoms with E-state index in [1.54, 1.807) is 12.1 Å². The first-order valence-electron chi connectivity index (χ1n) is 5.80. The second-order valence-corrected chi connectivity index (χ2v) is 4.21. The number of rotatable bonds is 4. The van der Waals surface area contributed by atoms with E-state index in [2.05, 4.69) is 4.74 Å². The van der Waals surface area contributed by atoms with Crippen molar-refractivity contribution >= 4 is 22.7 Å². The maximum atomic E-state index is 12.1. The second-order valence-electron chi connectivity index (χ2n) is 4.21. The van der Waals surface area contributed by atoms with E-state index in [1.165, 1.54) is 14.2 Å². The molecule has 2 aromatic rings. The van der Waals surface area contributed by atoms with Crippen LogP contribution in [0.4, 0.5) is 0 Å². The van der Waals surface area contributed by atoms with E-state index in [4.69, 9.17) is 4.74 Å². The van der Waals surface area contributed by atoms with Gasteiger partial charge in [0, 0.05) is 24.1 Å². The number of benzene rings is 1. The molecule has 1 aromatic carbocycles. The fourth-order valence-corrected chi connectivity index (χ4v) is 1.98. The number of carbonyl (C=O) groups excluding carboxylic acids is 2. The molecule has 19 heavy (non-hydrogen) atoms. The summed E-state index contributed by atoms with van der Waals surface area (Å²) in [4.78, 5) is 23.3. The van der Waals surface area contributed by atoms with Crippen LogP contribution >= 0.6 is 0 Å². The van der Waals surface area contributed by atoms with E-state index in [-0.39, 0.29) is 12.2 Å². The van der Waals surface area contributed by atoms with Gasteiger partial charge in [0.2, 0.25) is 0 Å². The number of carbonyl (C=O) groups is 2. The molecule has 0 bridgehead atoms. The number of hydrogen-bond acceptors (Lipinski definition) is 4. The lowest BCUT2D eigenvalue weighted by molar-refractivity contribution is -0.139. The molecule has 5 nitrogen and oxygen atoms in total. The number of aromatic nitrogens is 1. The third kappa shape index (κ3) is 2.45. The Kier molecular flexibility index (Phi) is 3.55. The summed E-state index contributed by atoms with van der Waals surface area (Å²) in [6.45, 7) is 0. The summed E-state index contributed by atoms with van der Waals surface area (Å²) in [6.07, 6.45) is 1.61. The van der Waals surface area contributed by atoms with Gasteiger partial charge in [0.1, 0.15) is 12.2 Å². The van der Waals surface area contributed by atoms with Crippen molar-refractivity contribution in [1.29, 1.82) is 0 Å². The fraction of sp³-hybridized carbons (Fsp3) is 0.286. The number of aryl methyl sites for hydroxylation is 1. The first-order valence-corrected chi connectivity index (χ1v) is 5.80. The number of esters is 1. The summed E-state index contributed by atoms with van der Waals surface area (Å²) in [5, 5.41) is 0.981. The van der Waals surface area contributed by atoms with Crippen LogP contribution in [0.5, 0.6) is 5.75 Å². The van der Waals surface area contributed by atoms with Gasteiger partial charge >= 0.3 is 5.97 Å². The standard InChI is InChI=1S/C14H15NO4/c1-15-5-4-9-6-13(18-2)10(7-11(9)15)12(16)8-14(17)19-3/h4-7H,8H2,1-3H3. The largest absolute Gasteiger partial charge is 0.496 e. The van der Waals surface area contributed by atoms with Gasteiger partial charge in [-0.1, -0.05) is 0 Å². The second kappa shape index (κ2) is 5.14. The van der Waals surface area contributed by atoms with Gasteiger partial charge in [0.25, 0.3) is 0 Å². The molecule has 0 aliphatic carbocycles. The average molecular weight is 261 g/mol. The number of methoxy groups -OCH3 is 2. The third-order valence-electron chi connectivity index (χ3n) is 3.04. The van der Waals surface area contributed by atoms with Crippen LogP contribution in [0.3, 0.4) is 0 Å². The van der Waals surface area contributed by atoms with Crippen molar-refractivity contribution in [1.82, 2.24) is 4.57 Å². The predicted octanol–water partition coefficient (Wildman–Crippen LogP) is 1.93. The van der Waals surface area contributed by atoms with E-state index in [0.29, 0.717) is 11.3 Å². The smallest absolute Gasteiger partial charge is 0.313 e. The van der Waals surface area contributed by atoms with Crippen LogP contribution in [-0.4, -0.2) is 30.5 Å². The van der Waals surface area contributed by atoms with Gasteiger partial charge in [-0.15, -0.1) is 0 Å². The van der Waals surface area contributed by atoms with Crippen LogP contribution in [-0.2, 0) is 16.6 Å². The zero-order valence-electron chi connectivity index (χ0n) is 11.1. The van der Waals surface area contributed by atoms with Crippen LogP contribution in [0.1, 0.15) is 16.8 Å². The molecule has 0 unspecified atom stereocenters. The minimum absolute atomic E-state index is 0.289. The van der Waals surface area contributed by atoms with Crippen LogP contribution in [0.2, 0.25) is 0 Å². The highest BCUT2D eigenvalue weighted by Gasteiger charge is 2.18. The summed E-state index contributed by atoms with van der Waals surface area (Å²) in [6, 6.07) is 5.46. The van der Waals surface area contributed by atoms with Gasteiger partial charge in [-0.2, -0.15) is 0 Å². The summed E-state index contributed by atoms with van der Waals surface area (Å²) in [7, 11) is 4.65. The summed E-state index contributed by atoms with van der Waals surface area (Å²) in [5.74, 6) is -0.404. The first kappa shape index (κ1) is 13.1. The highest BCUT2D eigenvalue weighted by atomic mass is 16.5. The number of ether oxygens (including phenoxy) is 2. The number of hydrogen-bond donors (Lipinski definition) is 0. The Hall–Kier alpha value is -2.30. The van der Waals surface area contributed by atoms with Crippen LogP contribution in [0, 0.1) is 0 Å². The number of fused-ring (bicyclic) bond motifs is 1. The van der Waals surface area contributed by atoms with Crippen molar-refractivity contribution < 1.29 is 19.1 Å². The molecule has 5 heteroatoms. The zero-order valence-corrected chi connectivity index (χ0v) is 11.1. The summed E-state index contributed by atoms with van der Waals surface area (Å²) < 4.78 is 11.6. The quantitative estimate of drug-likeness (QED) is 0.479. The van der Waals surface area contributed by atoms with Crippen molar-refractivity contribution in [3.05, 3.63) is 30.0 Å². The van der Waals surface area contributed by atoms with Gasteiger partial charge in [-0.3, -0.25) is 9.59 Å². The highest BCUT2D eigenvalue weighted by Crippen LogP contribution is 2.27. The summed E-state index contributed by atoms with van der Waals surface area (Å²) >= 11 is 0. The minimum Gasteiger partial charge on any atom is -0.496 e. The van der Waals surface area contributed by atoms with Crippen LogP contribution in [0.15, 0.2) is 24.4 Å². The zero-order chi connectivity index (χ0) is 14.0. The van der Waals surface area contributed by atoms with Crippen molar-refractivity contribution in [3.8, 4) is 5.75 Å². The lowest BCUT2D eigenvalue weighted by atomic mass is 10.1. The molecule has 0 aliphatic heterocycles. The molecule has 1 aromatic heterocycles. The van der Waals surface area contributed by atoms with Gasteiger partial charge in [0.15, 0.2) is 5.78 Å². The molecule has 100 valence electrons. The lowest BCUT2D eigenvalue weighted by Crippen LogP contribution is -2.10. The number of nitrogens with zero attached hydrogens (tertiary/aromatic N) is 1. The van der Waals surface area contributed by atoms with Crippen LogP contribution < -0.4 is 4.74 Å². The van der Waals surface area contributed by atoms with Gasteiger partial charge in [-0.05, 0) is 18.2 Å². The van der Waals surface area contributed by atoms with E-state index in [9.17, 15) is 9.59 Å². The minimum atomic E-state index is -0.556. The molecule has 0 saturated heterocycles. The van der Waals surface area contributed by atoms with E-state index in [0.717, 1.165) is 10.9 Å². The Balaban J connectivity index is 2.48. The van der Waals surface area contributed by atoms with Crippen LogP contribution in [0.25, 0.3) is 10.9 Å². The molecular weight excluding hydrogens is 246 g/mol. The Labute approximate surface area is 110 Å². The normalized spacial score (nSPS) is 10.5. The predicted molar refractivity (Wildman–Crippen MR) is 70.4 cm³/mol. The van der Waals surface area contributed by atoms with Gasteiger partial charge < -0.3 is 14.0 Å². The highest BCUT2D eigenvalue weighted by molar-refractivity contribution is 6.09. The maximum absolute atomic E-state index is 12.1. The Morgan fingerprint density at radius 2 is 2.00 bits per heavy atom. The Morgan fingerprint density at radius 3 is 2.63 bits per heavy atom. The molecule has 0 radical (unpaired) electrons. The molecule has 0 spiro atoms. The Morgan fingerprint density at radius 1 is 1.26 bits per heavy atom. The molecule has 0 saturated carbocycles. The monoisotopic (exact) mass is 261 g/mol. The molecule has 0 N–H and O–H groups in total. The van der Waals surface area contributed by atoms with E-state index >= 15 is 0 Å². The van der Waals surface area contributed by atoms with Crippen molar-refractivity contribution in [2.45, 2.75) is 6.42 Å². The maximum Gasteiger partial charge on any atom is 0.313 e. The molecular formula is C14H15NO4. The Bertz CT molecular complexity index is 642. The average Bonchev–Trinajstić information content (AvgIpc) is 2.78. The van der Waals surface area contributed by atoms with Gasteiger partial charge in [0.05, 0.1) is 19.8 Å². The molecule has 1 heterocycles. The molecule has 0 aliphatic rings. The topological polar surface area (TPSA) is 57.5 Å². The third-order valence-corrected chi connectivity index (χ3v) is 3.04. The first-order chi connectivity index (χ1) is 9.06. The van der Waals surface area contributed by atoms with E-state index in [1.807, 2.05) is 23.9 Å². The van der Waals surface area contributed by atoms with Crippen molar-refractivity contribution in [2.75, 3.05) is 14.2 Å². The van der Waals surface area contributed by atoms with Crippen molar-refractivity contribution in [3.63, 3.8) is 0 Å². The van der Waals surface area contributed by atoms with Crippen molar-refractivity contribution in [2.24, 2.45) is 7.05 Å². The van der Waals surface area contributed by atoms with Gasteiger partial charge in [-0.25, -0.2) is 0 Å². The molecule has 0 amide bonds. The summed E-state index contributed by atoms with van der Waals surface area (Å²) in [5.41, 5.74) is 1.30. The van der Waals surface area contributed by atoms with E-state index < -0.39 is 5.97 Å². The fourth-order valence-electron chi connectivity index (χ4n) is 1.98. The number of ketones is 1. The molecule has 0 atom stereocenters. The lowest BCUT2D eigenvalue weighted by Gasteiger charge is -2.08. The number of Topliss-reactive ketones (excluding diaryl/α,β-unsaturated/α-hetero) is 1. The molecule has 2 rings (SSSR count).